The van der Waals surface area contributed by atoms with Gasteiger partial charge in [0.05, 0.1) is 0 Å². The first-order valence-electron chi connectivity index (χ1n) is 8.05. The standard InChI is InChI=1S/C22H13BrO2/c23-18-10-16(21-12-14-5-1-3-7-19(14)24-21)9-17(11-18)22-13-15-6-2-4-8-20(15)25-22/h1-13H. The molecule has 0 saturated carbocycles. The maximum atomic E-state index is 6.01. The van der Waals surface area contributed by atoms with Gasteiger partial charge in [-0.25, -0.2) is 0 Å². The Morgan fingerprint density at radius 3 is 1.52 bits per heavy atom. The molecule has 0 bridgehead atoms. The monoisotopic (exact) mass is 388 g/mol. The van der Waals surface area contributed by atoms with Gasteiger partial charge in [0.2, 0.25) is 0 Å². The van der Waals surface area contributed by atoms with Crippen molar-refractivity contribution in [3.05, 3.63) is 83.3 Å². The molecule has 120 valence electrons. The van der Waals surface area contributed by atoms with Gasteiger partial charge in [0.1, 0.15) is 22.7 Å². The molecule has 0 aliphatic carbocycles. The summed E-state index contributed by atoms with van der Waals surface area (Å²) < 4.78 is 13.0. The van der Waals surface area contributed by atoms with Crippen molar-refractivity contribution in [3.8, 4) is 22.6 Å². The van der Waals surface area contributed by atoms with Crippen LogP contribution < -0.4 is 0 Å². The quantitative estimate of drug-likeness (QED) is 0.317. The Morgan fingerprint density at radius 2 is 1.04 bits per heavy atom. The third kappa shape index (κ3) is 2.57. The minimum atomic E-state index is 0.847. The molecule has 0 amide bonds. The van der Waals surface area contributed by atoms with Crippen LogP contribution in [0.3, 0.4) is 0 Å². The molecule has 25 heavy (non-hydrogen) atoms. The third-order valence-corrected chi connectivity index (χ3v) is 4.78. The topological polar surface area (TPSA) is 26.3 Å². The molecule has 3 heteroatoms. The summed E-state index contributed by atoms with van der Waals surface area (Å²) in [5, 5.41) is 2.20. The predicted molar refractivity (Wildman–Crippen MR) is 105 cm³/mol. The molecule has 0 atom stereocenters. The second kappa shape index (κ2) is 5.64. The van der Waals surface area contributed by atoms with Crippen molar-refractivity contribution < 1.29 is 8.83 Å². The maximum Gasteiger partial charge on any atom is 0.135 e. The van der Waals surface area contributed by atoms with Gasteiger partial charge in [-0.3, -0.25) is 0 Å². The molecule has 5 rings (SSSR count). The van der Waals surface area contributed by atoms with E-state index in [-0.39, 0.29) is 0 Å². The third-order valence-electron chi connectivity index (χ3n) is 4.32. The van der Waals surface area contributed by atoms with E-state index in [1.807, 2.05) is 36.4 Å². The number of hydrogen-bond donors (Lipinski definition) is 0. The number of fused-ring (bicyclic) bond motifs is 2. The highest BCUT2D eigenvalue weighted by atomic mass is 79.9. The van der Waals surface area contributed by atoms with Gasteiger partial charge in [-0.2, -0.15) is 0 Å². The summed E-state index contributed by atoms with van der Waals surface area (Å²) >= 11 is 3.61. The molecule has 0 radical (unpaired) electrons. The molecule has 0 fully saturated rings. The molecular formula is C22H13BrO2. The molecule has 3 aromatic carbocycles. The SMILES string of the molecule is Brc1cc(-c2cc3ccccc3o2)cc(-c2cc3ccccc3o2)c1. The summed E-state index contributed by atoms with van der Waals surface area (Å²) in [6.07, 6.45) is 0. The zero-order valence-corrected chi connectivity index (χ0v) is 14.8. The van der Waals surface area contributed by atoms with Crippen molar-refractivity contribution in [2.75, 3.05) is 0 Å². The smallest absolute Gasteiger partial charge is 0.135 e. The Labute approximate surface area is 152 Å². The van der Waals surface area contributed by atoms with Crippen LogP contribution in [0.5, 0.6) is 0 Å². The molecule has 0 aliphatic rings. The van der Waals surface area contributed by atoms with Crippen molar-refractivity contribution in [2.45, 2.75) is 0 Å². The van der Waals surface area contributed by atoms with Crippen LogP contribution in [0.15, 0.2) is 92.2 Å². The summed E-state index contributed by atoms with van der Waals surface area (Å²) in [5.74, 6) is 1.69. The average Bonchev–Trinajstić information content (AvgIpc) is 3.25. The van der Waals surface area contributed by atoms with Crippen molar-refractivity contribution in [2.24, 2.45) is 0 Å². The molecule has 0 N–H and O–H groups in total. The number of hydrogen-bond acceptors (Lipinski definition) is 2. The van der Waals surface area contributed by atoms with E-state index in [1.165, 1.54) is 0 Å². The zero-order chi connectivity index (χ0) is 16.8. The molecule has 2 heterocycles. The Bertz CT molecular complexity index is 1050. The number of benzene rings is 3. The largest absolute Gasteiger partial charge is 0.456 e. The number of halogens is 1. The van der Waals surface area contributed by atoms with Gasteiger partial charge in [0.25, 0.3) is 0 Å². The highest BCUT2D eigenvalue weighted by molar-refractivity contribution is 9.10. The maximum absolute atomic E-state index is 6.01. The summed E-state index contributed by atoms with van der Waals surface area (Å²) in [6.45, 7) is 0. The first-order valence-corrected chi connectivity index (χ1v) is 8.84. The van der Waals surface area contributed by atoms with Gasteiger partial charge in [0.15, 0.2) is 0 Å². The van der Waals surface area contributed by atoms with Gasteiger partial charge in [0, 0.05) is 26.4 Å². The second-order valence-corrected chi connectivity index (χ2v) is 6.94. The van der Waals surface area contributed by atoms with Crippen LogP contribution >= 0.6 is 15.9 Å². The molecule has 2 aromatic heterocycles. The molecular weight excluding hydrogens is 376 g/mol. The Hall–Kier alpha value is -2.78. The molecule has 0 saturated heterocycles. The van der Waals surface area contributed by atoms with Crippen molar-refractivity contribution in [1.82, 2.24) is 0 Å². The molecule has 0 unspecified atom stereocenters. The van der Waals surface area contributed by atoms with Crippen LogP contribution in [0.1, 0.15) is 0 Å². The Balaban J connectivity index is 1.66. The van der Waals surface area contributed by atoms with Crippen molar-refractivity contribution in [3.63, 3.8) is 0 Å². The van der Waals surface area contributed by atoms with E-state index in [0.29, 0.717) is 0 Å². The summed E-state index contributed by atoms with van der Waals surface area (Å²) in [4.78, 5) is 0. The van der Waals surface area contributed by atoms with Gasteiger partial charge in [-0.05, 0) is 42.5 Å². The highest BCUT2D eigenvalue weighted by Gasteiger charge is 2.11. The fourth-order valence-electron chi connectivity index (χ4n) is 3.12. The van der Waals surface area contributed by atoms with Crippen LogP contribution in [0.4, 0.5) is 0 Å². The summed E-state index contributed by atoms with van der Waals surface area (Å²) in [7, 11) is 0. The van der Waals surface area contributed by atoms with E-state index in [2.05, 4.69) is 58.4 Å². The second-order valence-electron chi connectivity index (χ2n) is 6.03. The first kappa shape index (κ1) is 14.6. The Morgan fingerprint density at radius 1 is 0.560 bits per heavy atom. The fourth-order valence-corrected chi connectivity index (χ4v) is 3.62. The lowest BCUT2D eigenvalue weighted by Crippen LogP contribution is -1.79. The van der Waals surface area contributed by atoms with Gasteiger partial charge in [-0.15, -0.1) is 0 Å². The van der Waals surface area contributed by atoms with E-state index in [4.69, 9.17) is 8.83 Å². The number of rotatable bonds is 2. The number of furan rings is 2. The van der Waals surface area contributed by atoms with Crippen LogP contribution in [0.25, 0.3) is 44.6 Å². The van der Waals surface area contributed by atoms with E-state index >= 15 is 0 Å². The van der Waals surface area contributed by atoms with Gasteiger partial charge in [-0.1, -0.05) is 52.3 Å². The van der Waals surface area contributed by atoms with E-state index < -0.39 is 0 Å². The van der Waals surface area contributed by atoms with Crippen molar-refractivity contribution in [1.29, 1.82) is 0 Å². The van der Waals surface area contributed by atoms with Crippen LogP contribution in [-0.2, 0) is 0 Å². The minimum Gasteiger partial charge on any atom is -0.456 e. The fraction of sp³-hybridized carbons (Fsp3) is 0. The van der Waals surface area contributed by atoms with E-state index in [1.54, 1.807) is 0 Å². The van der Waals surface area contributed by atoms with Crippen LogP contribution in [0, 0.1) is 0 Å². The average molecular weight is 389 g/mol. The normalized spacial score (nSPS) is 11.4. The number of para-hydroxylation sites is 2. The minimum absolute atomic E-state index is 0.847. The molecule has 0 spiro atoms. The lowest BCUT2D eigenvalue weighted by atomic mass is 10.1. The van der Waals surface area contributed by atoms with E-state index in [0.717, 1.165) is 49.1 Å². The predicted octanol–water partition coefficient (Wildman–Crippen LogP) is 7.28. The Kier molecular flexibility index (Phi) is 3.28. The van der Waals surface area contributed by atoms with Crippen LogP contribution in [-0.4, -0.2) is 0 Å². The lowest BCUT2D eigenvalue weighted by Gasteiger charge is -2.03. The molecule has 2 nitrogen and oxygen atoms in total. The van der Waals surface area contributed by atoms with Gasteiger partial charge >= 0.3 is 0 Å². The lowest BCUT2D eigenvalue weighted by molar-refractivity contribution is 0.629. The molecule has 0 aliphatic heterocycles. The van der Waals surface area contributed by atoms with Gasteiger partial charge < -0.3 is 8.83 Å². The van der Waals surface area contributed by atoms with Crippen LogP contribution in [0.2, 0.25) is 0 Å². The highest BCUT2D eigenvalue weighted by Crippen LogP contribution is 2.35. The molecule has 5 aromatic rings. The zero-order valence-electron chi connectivity index (χ0n) is 13.2. The summed E-state index contributed by atoms with van der Waals surface area (Å²) in [6, 6.07) is 26.4. The summed E-state index contributed by atoms with van der Waals surface area (Å²) in [5.41, 5.74) is 3.81. The first-order chi connectivity index (χ1) is 12.3. The van der Waals surface area contributed by atoms with E-state index in [9.17, 15) is 0 Å². The van der Waals surface area contributed by atoms with Crippen molar-refractivity contribution >= 4 is 37.9 Å².